The molecule has 0 bridgehead atoms. The van der Waals surface area contributed by atoms with Gasteiger partial charge in [-0.25, -0.2) is 0 Å². The number of benzene rings is 1. The van der Waals surface area contributed by atoms with Gasteiger partial charge in [0.15, 0.2) is 0 Å². The number of ether oxygens (including phenoxy) is 1. The molecule has 0 unspecified atom stereocenters. The molecule has 7 heteroatoms. The van der Waals surface area contributed by atoms with Crippen molar-refractivity contribution in [2.45, 2.75) is 6.18 Å². The predicted octanol–water partition coefficient (Wildman–Crippen LogP) is 3.35. The van der Waals surface area contributed by atoms with Crippen LogP contribution in [0.1, 0.15) is 5.56 Å². The second kappa shape index (κ2) is 4.09. The van der Waals surface area contributed by atoms with E-state index in [1.807, 2.05) is 0 Å². The van der Waals surface area contributed by atoms with Gasteiger partial charge < -0.3 is 4.74 Å². The molecule has 0 radical (unpaired) electrons. The monoisotopic (exact) mass is 246 g/mol. The van der Waals surface area contributed by atoms with Crippen LogP contribution in [0.5, 0.6) is 10.8 Å². The molecule has 16 heavy (non-hydrogen) atoms. The summed E-state index contributed by atoms with van der Waals surface area (Å²) in [5.74, 6) is 0.112. The van der Waals surface area contributed by atoms with Crippen molar-refractivity contribution in [3.63, 3.8) is 0 Å². The molecule has 0 saturated carbocycles. The molecule has 84 valence electrons. The topological polar surface area (TPSA) is 35.0 Å². The average molecular weight is 246 g/mol. The third kappa shape index (κ3) is 2.48. The molecule has 0 amide bonds. The summed E-state index contributed by atoms with van der Waals surface area (Å²) >= 11 is 0.967. The summed E-state index contributed by atoms with van der Waals surface area (Å²) in [5.41, 5.74) is -0.748. The molecule has 2 rings (SSSR count). The maximum atomic E-state index is 12.4. The zero-order valence-corrected chi connectivity index (χ0v) is 8.55. The highest BCUT2D eigenvalue weighted by atomic mass is 32.1. The first-order valence-corrected chi connectivity index (χ1v) is 4.95. The van der Waals surface area contributed by atoms with E-state index in [0.29, 0.717) is 5.06 Å². The molecule has 0 aliphatic heterocycles. The van der Waals surface area contributed by atoms with Gasteiger partial charge in [0.25, 0.3) is 0 Å². The first-order chi connectivity index (χ1) is 7.55. The molecule has 2 aromatic rings. The summed E-state index contributed by atoms with van der Waals surface area (Å²) in [6, 6.07) is 4.64. The third-order valence-corrected chi connectivity index (χ3v) is 2.27. The van der Waals surface area contributed by atoms with Gasteiger partial charge in [0.05, 0.1) is 5.56 Å². The van der Waals surface area contributed by atoms with Gasteiger partial charge in [-0.05, 0) is 18.2 Å². The van der Waals surface area contributed by atoms with Gasteiger partial charge in [-0.15, -0.1) is 5.10 Å². The van der Waals surface area contributed by atoms with E-state index >= 15 is 0 Å². The fraction of sp³-hybridized carbons (Fsp3) is 0.111. The Morgan fingerprint density at radius 3 is 2.69 bits per heavy atom. The quantitative estimate of drug-likeness (QED) is 0.815. The molecule has 0 saturated heterocycles. The van der Waals surface area contributed by atoms with Crippen molar-refractivity contribution in [1.82, 2.24) is 9.59 Å². The first-order valence-electron chi connectivity index (χ1n) is 4.18. The highest BCUT2D eigenvalue weighted by Crippen LogP contribution is 2.32. The summed E-state index contributed by atoms with van der Waals surface area (Å²) in [5, 5.41) is 3.86. The number of rotatable bonds is 2. The lowest BCUT2D eigenvalue weighted by molar-refractivity contribution is -0.137. The van der Waals surface area contributed by atoms with Crippen molar-refractivity contribution in [2.24, 2.45) is 0 Å². The smallest absolute Gasteiger partial charge is 0.416 e. The van der Waals surface area contributed by atoms with Crippen LogP contribution in [0.25, 0.3) is 0 Å². The van der Waals surface area contributed by atoms with E-state index in [9.17, 15) is 13.2 Å². The SMILES string of the molecule is FC(F)(F)c1cccc(Oc2cnns2)c1. The fourth-order valence-electron chi connectivity index (χ4n) is 1.06. The zero-order valence-electron chi connectivity index (χ0n) is 7.73. The number of nitrogens with zero attached hydrogens (tertiary/aromatic N) is 2. The van der Waals surface area contributed by atoms with Crippen LogP contribution in [0.3, 0.4) is 0 Å². The van der Waals surface area contributed by atoms with Crippen LogP contribution in [0.4, 0.5) is 13.2 Å². The summed E-state index contributed by atoms with van der Waals surface area (Å²) in [4.78, 5) is 0. The molecule has 3 nitrogen and oxygen atoms in total. The van der Waals surface area contributed by atoms with Crippen molar-refractivity contribution in [3.05, 3.63) is 36.0 Å². The number of alkyl halides is 3. The summed E-state index contributed by atoms with van der Waals surface area (Å²) in [6.07, 6.45) is -3.03. The summed E-state index contributed by atoms with van der Waals surface area (Å²) in [7, 11) is 0. The molecule has 1 aromatic heterocycles. The van der Waals surface area contributed by atoms with Gasteiger partial charge in [-0.2, -0.15) is 13.2 Å². The standard InChI is InChI=1S/C9H5F3N2OS/c10-9(11,12)6-2-1-3-7(4-6)15-8-5-13-14-16-8/h1-5H. The van der Waals surface area contributed by atoms with Crippen molar-refractivity contribution < 1.29 is 17.9 Å². The average Bonchev–Trinajstić information content (AvgIpc) is 2.70. The molecule has 0 aliphatic carbocycles. The molecule has 0 aliphatic rings. The number of aromatic nitrogens is 2. The minimum Gasteiger partial charge on any atom is -0.443 e. The van der Waals surface area contributed by atoms with Gasteiger partial charge in [0.2, 0.25) is 5.06 Å². The molecule has 0 fully saturated rings. The van der Waals surface area contributed by atoms with Gasteiger partial charge in [-0.3, -0.25) is 0 Å². The van der Waals surface area contributed by atoms with E-state index in [1.165, 1.54) is 18.3 Å². The van der Waals surface area contributed by atoms with E-state index in [-0.39, 0.29) is 5.75 Å². The van der Waals surface area contributed by atoms with Crippen LogP contribution in [-0.4, -0.2) is 9.59 Å². The van der Waals surface area contributed by atoms with E-state index in [1.54, 1.807) is 0 Å². The van der Waals surface area contributed by atoms with Gasteiger partial charge in [-0.1, -0.05) is 10.6 Å². The normalized spacial score (nSPS) is 11.4. The summed E-state index contributed by atoms with van der Waals surface area (Å²) < 4.78 is 45.8. The molecule has 0 atom stereocenters. The highest BCUT2D eigenvalue weighted by Gasteiger charge is 2.30. The molecular weight excluding hydrogens is 241 g/mol. The first kappa shape index (κ1) is 10.9. The van der Waals surface area contributed by atoms with Gasteiger partial charge >= 0.3 is 6.18 Å². The lowest BCUT2D eigenvalue weighted by Crippen LogP contribution is -2.04. The van der Waals surface area contributed by atoms with Crippen molar-refractivity contribution in [2.75, 3.05) is 0 Å². The Labute approximate surface area is 92.7 Å². The third-order valence-electron chi connectivity index (χ3n) is 1.72. The van der Waals surface area contributed by atoms with Crippen molar-refractivity contribution >= 4 is 11.5 Å². The maximum absolute atomic E-state index is 12.4. The zero-order chi connectivity index (χ0) is 11.6. The number of halogens is 3. The van der Waals surface area contributed by atoms with E-state index in [4.69, 9.17) is 4.74 Å². The summed E-state index contributed by atoms with van der Waals surface area (Å²) in [6.45, 7) is 0. The van der Waals surface area contributed by atoms with Crippen LogP contribution >= 0.6 is 11.5 Å². The Balaban J connectivity index is 2.23. The predicted molar refractivity (Wildman–Crippen MR) is 51.4 cm³/mol. The fourth-order valence-corrected chi connectivity index (χ4v) is 1.46. The van der Waals surface area contributed by atoms with E-state index in [0.717, 1.165) is 23.7 Å². The molecule has 1 heterocycles. The minimum absolute atomic E-state index is 0.112. The Hall–Kier alpha value is -1.63. The maximum Gasteiger partial charge on any atom is 0.416 e. The number of hydrogen-bond acceptors (Lipinski definition) is 4. The largest absolute Gasteiger partial charge is 0.443 e. The van der Waals surface area contributed by atoms with Crippen LogP contribution in [-0.2, 0) is 6.18 Å². The molecule has 0 N–H and O–H groups in total. The Morgan fingerprint density at radius 1 is 1.25 bits per heavy atom. The highest BCUT2D eigenvalue weighted by molar-refractivity contribution is 7.07. The van der Waals surface area contributed by atoms with Crippen LogP contribution in [0, 0.1) is 0 Å². The molecule has 1 aromatic carbocycles. The van der Waals surface area contributed by atoms with Crippen molar-refractivity contribution in [3.8, 4) is 10.8 Å². The Morgan fingerprint density at radius 2 is 2.06 bits per heavy atom. The lowest BCUT2D eigenvalue weighted by Gasteiger charge is -2.08. The minimum atomic E-state index is -4.37. The second-order valence-electron chi connectivity index (χ2n) is 2.86. The lowest BCUT2D eigenvalue weighted by atomic mass is 10.2. The van der Waals surface area contributed by atoms with Gasteiger partial charge in [0.1, 0.15) is 11.9 Å². The Kier molecular flexibility index (Phi) is 2.78. The van der Waals surface area contributed by atoms with Crippen molar-refractivity contribution in [1.29, 1.82) is 0 Å². The molecule has 0 spiro atoms. The van der Waals surface area contributed by atoms with E-state index < -0.39 is 11.7 Å². The van der Waals surface area contributed by atoms with E-state index in [2.05, 4.69) is 9.59 Å². The van der Waals surface area contributed by atoms with Crippen LogP contribution in [0.15, 0.2) is 30.5 Å². The van der Waals surface area contributed by atoms with Gasteiger partial charge in [0, 0.05) is 11.5 Å². The second-order valence-corrected chi connectivity index (χ2v) is 3.61. The number of hydrogen-bond donors (Lipinski definition) is 0. The van der Waals surface area contributed by atoms with Crippen LogP contribution in [0.2, 0.25) is 0 Å². The van der Waals surface area contributed by atoms with Crippen LogP contribution < -0.4 is 4.74 Å². The Bertz CT molecular complexity index is 470. The molecular formula is C9H5F3N2OS.